The number of fused-ring (bicyclic) bond motifs is 4. The van der Waals surface area contributed by atoms with Gasteiger partial charge in [0.2, 0.25) is 29.5 Å². The highest BCUT2D eigenvalue weighted by molar-refractivity contribution is 6.08. The normalized spacial score (nSPS) is 18.1. The molecule has 9 amide bonds. The van der Waals surface area contributed by atoms with Crippen LogP contribution in [0, 0.1) is 11.8 Å². The Balaban J connectivity index is 0.876. The highest BCUT2D eigenvalue weighted by Gasteiger charge is 2.47. The van der Waals surface area contributed by atoms with Crippen LogP contribution in [-0.4, -0.2) is 171 Å². The van der Waals surface area contributed by atoms with Crippen molar-refractivity contribution in [2.45, 2.75) is 163 Å². The average Bonchev–Trinajstić information content (AvgIpc) is 1.63. The second-order valence-electron chi connectivity index (χ2n) is 26.0. The molecule has 0 bridgehead atoms. The van der Waals surface area contributed by atoms with Gasteiger partial charge in [-0.25, -0.2) is 14.5 Å². The lowest BCUT2D eigenvalue weighted by Gasteiger charge is -2.33. The topological polar surface area (TPSA) is 347 Å². The van der Waals surface area contributed by atoms with Crippen LogP contribution in [0.15, 0.2) is 96.3 Å². The third-order valence-corrected chi connectivity index (χ3v) is 17.6. The summed E-state index contributed by atoms with van der Waals surface area (Å²) in [6, 6.07) is 14.0. The van der Waals surface area contributed by atoms with Crippen molar-refractivity contribution in [3.8, 4) is 23.0 Å². The first-order valence-corrected chi connectivity index (χ1v) is 33.5. The molecule has 0 fully saturated rings. The Morgan fingerprint density at radius 3 is 1.51 bits per heavy atom. The number of rotatable bonds is 31. The number of aliphatic hydroxyl groups is 1. The van der Waals surface area contributed by atoms with Crippen LogP contribution in [0.5, 0.6) is 23.0 Å². The summed E-state index contributed by atoms with van der Waals surface area (Å²) in [5, 5.41) is 25.6. The quantitative estimate of drug-likeness (QED) is 0.0238. The predicted molar refractivity (Wildman–Crippen MR) is 371 cm³/mol. The third kappa shape index (κ3) is 18.7. The fourth-order valence-corrected chi connectivity index (χ4v) is 11.8. The lowest BCUT2D eigenvalue weighted by molar-refractivity contribution is -0.132. The first-order valence-electron chi connectivity index (χ1n) is 33.5. The molecule has 540 valence electrons. The van der Waals surface area contributed by atoms with E-state index in [9.17, 15) is 48.3 Å². The van der Waals surface area contributed by atoms with E-state index in [1.807, 2.05) is 34.6 Å². The van der Waals surface area contributed by atoms with E-state index in [-0.39, 0.29) is 115 Å². The van der Waals surface area contributed by atoms with Crippen LogP contribution in [0.4, 0.5) is 32.3 Å². The summed E-state index contributed by atoms with van der Waals surface area (Å²) >= 11 is 0. The fraction of sp³-hybridized carbons (Fsp3) is 0.486. The van der Waals surface area contributed by atoms with Crippen molar-refractivity contribution >= 4 is 76.3 Å². The molecule has 4 aromatic carbocycles. The molecule has 4 aromatic rings. The molecule has 8 N–H and O–H groups in total. The summed E-state index contributed by atoms with van der Waals surface area (Å²) in [7, 11) is 4.42. The third-order valence-electron chi connectivity index (χ3n) is 17.6. The van der Waals surface area contributed by atoms with Crippen molar-refractivity contribution in [2.75, 3.05) is 74.8 Å². The van der Waals surface area contributed by atoms with Crippen LogP contribution >= 0.6 is 0 Å². The van der Waals surface area contributed by atoms with E-state index >= 15 is 0 Å². The van der Waals surface area contributed by atoms with Gasteiger partial charge in [0, 0.05) is 49.4 Å². The van der Waals surface area contributed by atoms with Gasteiger partial charge in [0.05, 0.1) is 93.9 Å². The van der Waals surface area contributed by atoms with E-state index < -0.39 is 90.2 Å². The van der Waals surface area contributed by atoms with Crippen molar-refractivity contribution in [1.29, 1.82) is 0 Å². The minimum Gasteiger partial charge on any atom is -0.493 e. The number of benzene rings is 4. The highest BCUT2D eigenvalue weighted by atomic mass is 16.6. The number of hydrogen-bond donors (Lipinski definition) is 7. The Morgan fingerprint density at radius 1 is 0.560 bits per heavy atom. The van der Waals surface area contributed by atoms with Gasteiger partial charge in [0.15, 0.2) is 29.2 Å². The number of hydrogen-bond acceptors (Lipinski definition) is 19. The van der Waals surface area contributed by atoms with E-state index in [1.165, 1.54) is 43.1 Å². The molecule has 0 saturated carbocycles. The lowest BCUT2D eigenvalue weighted by atomic mass is 10.0. The van der Waals surface area contributed by atoms with Gasteiger partial charge in [0.25, 0.3) is 11.8 Å². The van der Waals surface area contributed by atoms with Crippen LogP contribution in [0.2, 0.25) is 0 Å². The van der Waals surface area contributed by atoms with E-state index in [4.69, 9.17) is 43.6 Å². The summed E-state index contributed by atoms with van der Waals surface area (Å²) in [6.07, 6.45) is 2.67. The second-order valence-corrected chi connectivity index (χ2v) is 26.0. The summed E-state index contributed by atoms with van der Waals surface area (Å²) in [6.45, 7) is 16.7. The van der Waals surface area contributed by atoms with Gasteiger partial charge in [-0.15, -0.1) is 0 Å². The summed E-state index contributed by atoms with van der Waals surface area (Å²) in [5.74, 6) is -2.57. The zero-order valence-electron chi connectivity index (χ0n) is 58.8. The van der Waals surface area contributed by atoms with Crippen molar-refractivity contribution in [2.24, 2.45) is 17.6 Å². The zero-order chi connectivity index (χ0) is 72.6. The molecule has 28 nitrogen and oxygen atoms in total. The molecule has 8 rings (SSSR count). The molecule has 0 aliphatic carbocycles. The van der Waals surface area contributed by atoms with Gasteiger partial charge in [0.1, 0.15) is 31.3 Å². The van der Waals surface area contributed by atoms with E-state index in [2.05, 4.69) is 26.6 Å². The van der Waals surface area contributed by atoms with Crippen molar-refractivity contribution in [3.63, 3.8) is 0 Å². The molecule has 1 unspecified atom stereocenters. The minimum atomic E-state index is -1.56. The van der Waals surface area contributed by atoms with Crippen molar-refractivity contribution in [1.82, 2.24) is 25.8 Å². The molecular formula is C72H94N10O18. The van der Waals surface area contributed by atoms with Crippen LogP contribution < -0.4 is 61.1 Å². The molecular weight excluding hydrogens is 1290 g/mol. The Labute approximate surface area is 582 Å². The number of nitrogens with zero attached hydrogens (tertiary/aromatic N) is 4. The Bertz CT molecular complexity index is 3690. The molecule has 4 aliphatic heterocycles. The average molecular weight is 1390 g/mol. The number of carbonyl (C=O) groups excluding carboxylic acids is 9. The van der Waals surface area contributed by atoms with Crippen molar-refractivity contribution < 1.29 is 86.2 Å². The molecule has 28 heteroatoms. The zero-order valence-corrected chi connectivity index (χ0v) is 58.8. The van der Waals surface area contributed by atoms with Crippen LogP contribution in [0.1, 0.15) is 133 Å². The number of methoxy groups -OCH3 is 3. The lowest BCUT2D eigenvalue weighted by Crippen LogP contribution is -2.53. The van der Waals surface area contributed by atoms with Gasteiger partial charge < -0.3 is 85.1 Å². The maximum Gasteiger partial charge on any atom is 0.416 e. The number of anilines is 4. The van der Waals surface area contributed by atoms with Gasteiger partial charge in [-0.1, -0.05) is 63.1 Å². The van der Waals surface area contributed by atoms with Crippen LogP contribution in [0.25, 0.3) is 0 Å². The summed E-state index contributed by atoms with van der Waals surface area (Å²) < 4.78 is 46.2. The van der Waals surface area contributed by atoms with Gasteiger partial charge in [-0.3, -0.25) is 38.5 Å². The summed E-state index contributed by atoms with van der Waals surface area (Å²) in [5.41, 5.74) is 10.3. The Kier molecular flexibility index (Phi) is 26.5. The molecule has 4 heterocycles. The Morgan fingerprint density at radius 2 is 1.03 bits per heavy atom. The molecule has 8 atom stereocenters. The van der Waals surface area contributed by atoms with Crippen LogP contribution in [-0.2, 0) is 56.1 Å². The first-order chi connectivity index (χ1) is 47.7. The maximum atomic E-state index is 14.4. The number of aliphatic hydroxyl groups excluding tert-OH is 1. The van der Waals surface area contributed by atoms with Gasteiger partial charge >= 0.3 is 12.2 Å². The Hall–Kier alpha value is -9.77. The van der Waals surface area contributed by atoms with Gasteiger partial charge in [-0.2, -0.15) is 0 Å². The number of nitrogens with two attached hydrogens (primary N) is 1. The standard InChI is InChI=1S/C72H94N10O18/c1-40(2)62(73)66(86)74-44(7)64(84)76-49-20-16-47(17-21-49)38-99-71(91)81-46(9)53-30-42(5)36-79(53)68(88)51-32-57(94-11)59(34-54(51)81)97-25-14-13-15-26-98-60-35-55-52(33-58(60)95-12)69(89)80-37-43(6)31-56(80)70(90)82(55)72(92)100-39-48-18-22-50(23-19-48)77-65(85)45(8)75-67(87)63(41(3)4)78-61(83)24-27-96-29-28-93-10/h16-23,32-37,40-41,44-46,53,56,62-63,70,90H,13-15,24-31,38-39,73H2,1-12H3,(H,74,86)(H,75,87)(H,76,84)(H,77,85)(H,78,83)/t44-,45-,46+,53?,56+,62-,63-,70+/m1/s1. The molecule has 0 aromatic heterocycles. The predicted octanol–water partition coefficient (Wildman–Crippen LogP) is 7.65. The first kappa shape index (κ1) is 76.0. The number of unbranched alkanes of at least 4 members (excludes halogenated alkanes) is 2. The molecule has 100 heavy (non-hydrogen) atoms. The SMILES string of the molecule is COCCOCCC(=O)N[C@@H](C(=O)N[C@H](C)C(=O)Nc1ccc(COC(=O)N2c3cc(OCCCCCOc4cc5c(cc4OC)C(=O)N4C=C(C)CC4[C@H](C)N5C(=O)OCc4ccc(NC(=O)[C@@H](C)NC(=O)[C@H](N)C(C)C)cc4)c(OC)cc3C(=O)N3C=C(C)C[C@H]3[C@@H]2O)cc1)C(C)C. The maximum absolute atomic E-state index is 14.4. The van der Waals surface area contributed by atoms with E-state index in [0.29, 0.717) is 61.4 Å². The molecule has 0 radical (unpaired) electrons. The van der Waals surface area contributed by atoms with E-state index in [0.717, 1.165) is 16.0 Å². The largest absolute Gasteiger partial charge is 0.493 e. The van der Waals surface area contributed by atoms with E-state index in [1.54, 1.807) is 106 Å². The van der Waals surface area contributed by atoms with Crippen LogP contribution in [0.3, 0.4) is 0 Å². The minimum absolute atomic E-state index is 0.0270. The highest BCUT2D eigenvalue weighted by Crippen LogP contribution is 2.44. The number of ether oxygens (including phenoxy) is 8. The van der Waals surface area contributed by atoms with Crippen molar-refractivity contribution in [3.05, 3.63) is 119 Å². The summed E-state index contributed by atoms with van der Waals surface area (Å²) in [4.78, 5) is 127. The monoisotopic (exact) mass is 1390 g/mol. The second kappa shape index (κ2) is 34.8. The molecule has 0 saturated heterocycles. The number of amides is 9. The fourth-order valence-electron chi connectivity index (χ4n) is 11.8. The van der Waals surface area contributed by atoms with Gasteiger partial charge in [-0.05, 0) is 126 Å². The molecule has 0 spiro atoms. The molecule has 4 aliphatic rings. The smallest absolute Gasteiger partial charge is 0.416 e. The number of carbonyl (C=O) groups is 9. The number of nitrogens with one attached hydrogen (secondary N) is 5.